The van der Waals surface area contributed by atoms with Gasteiger partial charge >= 0.3 is 5.97 Å². The van der Waals surface area contributed by atoms with E-state index < -0.39 is 5.97 Å². The van der Waals surface area contributed by atoms with Crippen molar-refractivity contribution in [1.82, 2.24) is 0 Å². The molecule has 6 nitrogen and oxygen atoms in total. The maximum atomic E-state index is 10.7. The monoisotopic (exact) mass is 388 g/mol. The number of allylic oxidation sites excluding steroid dienone is 4. The molecule has 0 amide bonds. The Morgan fingerprint density at radius 3 is 2.62 bits per heavy atom. The minimum atomic E-state index is -1.25. The molecule has 1 aliphatic rings. The second kappa shape index (κ2) is 8.81. The van der Waals surface area contributed by atoms with Gasteiger partial charge in [0.25, 0.3) is 0 Å². The van der Waals surface area contributed by atoms with Crippen LogP contribution in [-0.4, -0.2) is 27.8 Å². The lowest BCUT2D eigenvalue weighted by molar-refractivity contribution is -0.132. The van der Waals surface area contributed by atoms with Crippen LogP contribution in [0.15, 0.2) is 66.3 Å². The molecule has 0 spiro atoms. The number of benzene rings is 2. The van der Waals surface area contributed by atoms with Crippen LogP contribution in [0.2, 0.25) is 0 Å². The third-order valence-electron chi connectivity index (χ3n) is 4.62. The van der Waals surface area contributed by atoms with Crippen molar-refractivity contribution in [1.29, 1.82) is 5.26 Å². The molecule has 2 aromatic carbocycles. The Labute approximate surface area is 168 Å². The molecule has 1 heterocycles. The van der Waals surface area contributed by atoms with Gasteiger partial charge in [-0.2, -0.15) is 5.26 Å². The first kappa shape index (κ1) is 19.8. The Morgan fingerprint density at radius 2 is 1.90 bits per heavy atom. The van der Waals surface area contributed by atoms with Crippen molar-refractivity contribution in [2.45, 2.75) is 12.8 Å². The van der Waals surface area contributed by atoms with Crippen LogP contribution in [-0.2, 0) is 11.2 Å². The number of nitrogens with zero attached hydrogens (tertiary/aromatic N) is 2. The summed E-state index contributed by atoms with van der Waals surface area (Å²) in [5.41, 5.74) is 3.77. The van der Waals surface area contributed by atoms with Gasteiger partial charge in [-0.25, -0.2) is 4.79 Å². The molecule has 0 aromatic heterocycles. The predicted octanol–water partition coefficient (Wildman–Crippen LogP) is 4.29. The largest absolute Gasteiger partial charge is 0.504 e. The Morgan fingerprint density at radius 1 is 1.07 bits per heavy atom. The topological polar surface area (TPSA) is 105 Å². The Bertz CT molecular complexity index is 1060. The number of carboxylic acids is 1. The van der Waals surface area contributed by atoms with Gasteiger partial charge in [0.05, 0.1) is 0 Å². The average Bonchev–Trinajstić information content (AvgIpc) is 2.71. The summed E-state index contributed by atoms with van der Waals surface area (Å²) < 4.78 is 0. The van der Waals surface area contributed by atoms with E-state index >= 15 is 0 Å². The minimum Gasteiger partial charge on any atom is -0.504 e. The number of hydrogen-bond donors (Lipinski definition) is 3. The number of hydrogen-bond acceptors (Lipinski definition) is 5. The molecule has 0 bridgehead atoms. The summed E-state index contributed by atoms with van der Waals surface area (Å²) in [6, 6.07) is 12.6. The van der Waals surface area contributed by atoms with Gasteiger partial charge in [0, 0.05) is 24.0 Å². The third-order valence-corrected chi connectivity index (χ3v) is 4.62. The standard InChI is InChI=1S/C23H20N2O4/c24-15-18(23(28)29)6-3-1-2-5-16-8-10-20-17(13-16)7-4-12-25(20)19-9-11-21(26)22(27)14-19/h1-3,5-6,8-11,13-14,26-27H,4,7,12H2,(H,28,29)/b3-1+,5-2+,18-6+. The summed E-state index contributed by atoms with van der Waals surface area (Å²) in [6.07, 6.45) is 10.0. The maximum absolute atomic E-state index is 10.7. The summed E-state index contributed by atoms with van der Waals surface area (Å²) in [5, 5.41) is 36.8. The zero-order valence-electron chi connectivity index (χ0n) is 15.6. The molecule has 2 aromatic rings. The molecule has 0 atom stereocenters. The number of rotatable bonds is 5. The summed E-state index contributed by atoms with van der Waals surface area (Å²) in [4.78, 5) is 12.9. The number of carbonyl (C=O) groups is 1. The molecule has 0 aliphatic carbocycles. The fraction of sp³-hybridized carbons (Fsp3) is 0.130. The average molecular weight is 388 g/mol. The molecule has 146 valence electrons. The first-order chi connectivity index (χ1) is 14.0. The summed E-state index contributed by atoms with van der Waals surface area (Å²) in [7, 11) is 0. The molecule has 3 rings (SSSR count). The maximum Gasteiger partial charge on any atom is 0.346 e. The van der Waals surface area contributed by atoms with Gasteiger partial charge < -0.3 is 20.2 Å². The zero-order valence-corrected chi connectivity index (χ0v) is 15.6. The van der Waals surface area contributed by atoms with Crippen LogP contribution in [0.4, 0.5) is 11.4 Å². The van der Waals surface area contributed by atoms with Crippen LogP contribution in [0, 0.1) is 11.3 Å². The highest BCUT2D eigenvalue weighted by molar-refractivity contribution is 5.91. The van der Waals surface area contributed by atoms with Crippen molar-refractivity contribution < 1.29 is 20.1 Å². The number of aromatic hydroxyl groups is 2. The smallest absolute Gasteiger partial charge is 0.346 e. The quantitative estimate of drug-likeness (QED) is 0.305. The van der Waals surface area contributed by atoms with E-state index in [1.165, 1.54) is 23.8 Å². The molecule has 0 saturated heterocycles. The van der Waals surface area contributed by atoms with Gasteiger partial charge in [0.2, 0.25) is 0 Å². The second-order valence-electron chi connectivity index (χ2n) is 6.56. The molecule has 0 fully saturated rings. The number of nitriles is 1. The van der Waals surface area contributed by atoms with Gasteiger partial charge in [0.1, 0.15) is 11.6 Å². The van der Waals surface area contributed by atoms with Crippen molar-refractivity contribution in [2.24, 2.45) is 0 Å². The van der Waals surface area contributed by atoms with Gasteiger partial charge in [0.15, 0.2) is 11.5 Å². The van der Waals surface area contributed by atoms with Crippen LogP contribution >= 0.6 is 0 Å². The minimum absolute atomic E-state index is 0.139. The van der Waals surface area contributed by atoms with Crippen molar-refractivity contribution in [3.8, 4) is 17.6 Å². The number of carboxylic acid groups (broad SMARTS) is 1. The van der Waals surface area contributed by atoms with E-state index in [1.807, 2.05) is 18.2 Å². The highest BCUT2D eigenvalue weighted by Crippen LogP contribution is 2.37. The number of aliphatic carboxylic acids is 1. The van der Waals surface area contributed by atoms with Crippen LogP contribution in [0.1, 0.15) is 17.5 Å². The Kier molecular flexibility index (Phi) is 6.00. The highest BCUT2D eigenvalue weighted by Gasteiger charge is 2.19. The van der Waals surface area contributed by atoms with Crippen LogP contribution in [0.5, 0.6) is 11.5 Å². The molecule has 3 N–H and O–H groups in total. The molecule has 29 heavy (non-hydrogen) atoms. The molecule has 0 unspecified atom stereocenters. The van der Waals surface area contributed by atoms with E-state index in [1.54, 1.807) is 30.4 Å². The third kappa shape index (κ3) is 4.66. The number of anilines is 2. The highest BCUT2D eigenvalue weighted by atomic mass is 16.4. The fourth-order valence-corrected chi connectivity index (χ4v) is 3.21. The molecule has 0 saturated carbocycles. The lowest BCUT2D eigenvalue weighted by Crippen LogP contribution is -2.24. The summed E-state index contributed by atoms with van der Waals surface area (Å²) in [6.45, 7) is 0.826. The van der Waals surface area contributed by atoms with Gasteiger partial charge in [-0.1, -0.05) is 30.4 Å². The van der Waals surface area contributed by atoms with E-state index in [0.29, 0.717) is 0 Å². The first-order valence-corrected chi connectivity index (χ1v) is 9.10. The molecular weight excluding hydrogens is 368 g/mol. The van der Waals surface area contributed by atoms with Crippen molar-refractivity contribution in [3.63, 3.8) is 0 Å². The van der Waals surface area contributed by atoms with E-state index in [2.05, 4.69) is 11.0 Å². The van der Waals surface area contributed by atoms with E-state index in [9.17, 15) is 15.0 Å². The first-order valence-electron chi connectivity index (χ1n) is 9.10. The van der Waals surface area contributed by atoms with E-state index in [0.717, 1.165) is 36.3 Å². The predicted molar refractivity (Wildman–Crippen MR) is 111 cm³/mol. The SMILES string of the molecule is N#C\C(=C/C=C/C=C/c1ccc2c(c1)CCCN2c1ccc(O)c(O)c1)C(=O)O. The normalized spacial score (nSPS) is 14.2. The molecular formula is C23H20N2O4. The lowest BCUT2D eigenvalue weighted by Gasteiger charge is -2.31. The second-order valence-corrected chi connectivity index (χ2v) is 6.56. The summed E-state index contributed by atoms with van der Waals surface area (Å²) in [5.74, 6) is -1.53. The van der Waals surface area contributed by atoms with Crippen LogP contribution < -0.4 is 4.90 Å². The van der Waals surface area contributed by atoms with Crippen molar-refractivity contribution >= 4 is 23.4 Å². The molecule has 6 heteroatoms. The summed E-state index contributed by atoms with van der Waals surface area (Å²) >= 11 is 0. The number of aryl methyl sites for hydroxylation is 1. The van der Waals surface area contributed by atoms with E-state index in [-0.39, 0.29) is 17.1 Å². The van der Waals surface area contributed by atoms with Crippen molar-refractivity contribution in [3.05, 3.63) is 77.4 Å². The fourth-order valence-electron chi connectivity index (χ4n) is 3.21. The Hall–Kier alpha value is -3.98. The molecule has 1 aliphatic heterocycles. The van der Waals surface area contributed by atoms with Gasteiger partial charge in [-0.15, -0.1) is 0 Å². The number of fused-ring (bicyclic) bond motifs is 1. The lowest BCUT2D eigenvalue weighted by atomic mass is 9.98. The van der Waals surface area contributed by atoms with Crippen LogP contribution in [0.25, 0.3) is 6.08 Å². The Balaban J connectivity index is 1.78. The molecule has 0 radical (unpaired) electrons. The van der Waals surface area contributed by atoms with Crippen molar-refractivity contribution in [2.75, 3.05) is 11.4 Å². The van der Waals surface area contributed by atoms with Crippen LogP contribution in [0.3, 0.4) is 0 Å². The van der Waals surface area contributed by atoms with Gasteiger partial charge in [-0.05, 0) is 54.3 Å². The number of phenols is 2. The number of phenolic OH excluding ortho intramolecular Hbond substituents is 2. The van der Waals surface area contributed by atoms with E-state index in [4.69, 9.17) is 10.4 Å². The zero-order chi connectivity index (χ0) is 20.8. The van der Waals surface area contributed by atoms with Gasteiger partial charge in [-0.3, -0.25) is 0 Å².